The Balaban J connectivity index is 2.06. The van der Waals surface area contributed by atoms with Gasteiger partial charge in [-0.1, -0.05) is 0 Å². The minimum atomic E-state index is -0.782. The van der Waals surface area contributed by atoms with Crippen molar-refractivity contribution in [2.45, 2.75) is 45.8 Å². The zero-order valence-corrected chi connectivity index (χ0v) is 13.3. The summed E-state index contributed by atoms with van der Waals surface area (Å²) in [4.78, 5) is 11.5. The maximum absolute atomic E-state index is 14.5. The Morgan fingerprint density at radius 3 is 2.36 bits per heavy atom. The van der Waals surface area contributed by atoms with Crippen molar-refractivity contribution in [1.29, 1.82) is 0 Å². The van der Waals surface area contributed by atoms with Gasteiger partial charge in [-0.3, -0.25) is 4.79 Å². The minimum Gasteiger partial charge on any atom is -0.399 e. The van der Waals surface area contributed by atoms with Crippen molar-refractivity contribution in [3.63, 3.8) is 0 Å². The molecule has 3 rings (SSSR count). The molecule has 0 radical (unpaired) electrons. The molecule has 1 aromatic carbocycles. The third-order valence-electron chi connectivity index (χ3n) is 4.49. The predicted molar refractivity (Wildman–Crippen MR) is 81.7 cm³/mol. The van der Waals surface area contributed by atoms with Gasteiger partial charge in [-0.15, -0.1) is 0 Å². The Hall–Kier alpha value is -1.73. The predicted octanol–water partition coefficient (Wildman–Crippen LogP) is 2.13. The Kier molecular flexibility index (Phi) is 3.20. The van der Waals surface area contributed by atoms with E-state index in [-0.39, 0.29) is 5.91 Å². The maximum Gasteiger partial charge on any atom is 0.497 e. The van der Waals surface area contributed by atoms with Crippen LogP contribution in [0.2, 0.25) is 0 Å². The lowest BCUT2D eigenvalue weighted by Crippen LogP contribution is -2.41. The molecule has 0 atom stereocenters. The monoisotopic (exact) mass is 304 g/mol. The van der Waals surface area contributed by atoms with Crippen LogP contribution in [0.25, 0.3) is 10.9 Å². The summed E-state index contributed by atoms with van der Waals surface area (Å²) in [5, 5.41) is 4.65. The lowest BCUT2D eigenvalue weighted by Gasteiger charge is -2.32. The standard InChI is InChI=1S/C15H18BFN2O3/c1-9(20)19-13-7-12(17)11(6-10(13)8-18-19)16-21-14(2,3)15(4,5)22-16/h6-8H,1-5H3. The molecule has 5 nitrogen and oxygen atoms in total. The second-order valence-electron chi connectivity index (χ2n) is 6.60. The highest BCUT2D eigenvalue weighted by Crippen LogP contribution is 2.36. The molecule has 1 saturated heterocycles. The van der Waals surface area contributed by atoms with Crippen LogP contribution in [0.3, 0.4) is 0 Å². The highest BCUT2D eigenvalue weighted by Gasteiger charge is 2.52. The number of carbonyl (C=O) groups is 1. The van der Waals surface area contributed by atoms with Crippen molar-refractivity contribution >= 4 is 29.4 Å². The highest BCUT2D eigenvalue weighted by molar-refractivity contribution is 6.62. The van der Waals surface area contributed by atoms with Crippen molar-refractivity contribution in [3.05, 3.63) is 24.1 Å². The first-order valence-corrected chi connectivity index (χ1v) is 7.16. The minimum absolute atomic E-state index is 0.266. The molecule has 1 aliphatic rings. The Morgan fingerprint density at radius 1 is 1.23 bits per heavy atom. The summed E-state index contributed by atoms with van der Waals surface area (Å²) in [6.45, 7) is 9.04. The highest BCUT2D eigenvalue weighted by atomic mass is 19.1. The normalized spacial score (nSPS) is 19.8. The van der Waals surface area contributed by atoms with Gasteiger partial charge in [-0.2, -0.15) is 5.10 Å². The Bertz CT molecular complexity index is 753. The lowest BCUT2D eigenvalue weighted by atomic mass is 9.78. The van der Waals surface area contributed by atoms with E-state index in [0.717, 1.165) is 0 Å². The molecule has 116 valence electrons. The smallest absolute Gasteiger partial charge is 0.399 e. The summed E-state index contributed by atoms with van der Waals surface area (Å²) in [7, 11) is -0.782. The van der Waals surface area contributed by atoms with Crippen LogP contribution >= 0.6 is 0 Å². The average molecular weight is 304 g/mol. The van der Waals surface area contributed by atoms with Crippen LogP contribution in [0.1, 0.15) is 39.4 Å². The molecule has 22 heavy (non-hydrogen) atoms. The molecule has 0 unspecified atom stereocenters. The van der Waals surface area contributed by atoms with E-state index in [1.54, 1.807) is 6.07 Å². The van der Waals surface area contributed by atoms with Crippen LogP contribution < -0.4 is 5.46 Å². The van der Waals surface area contributed by atoms with Crippen molar-refractivity contribution in [2.24, 2.45) is 0 Å². The summed E-state index contributed by atoms with van der Waals surface area (Å²) in [5.41, 5.74) is -0.329. The van der Waals surface area contributed by atoms with Crippen LogP contribution in [0.4, 0.5) is 4.39 Å². The molecular formula is C15H18BFN2O3. The maximum atomic E-state index is 14.5. The fraction of sp³-hybridized carbons (Fsp3) is 0.467. The Morgan fingerprint density at radius 2 is 1.82 bits per heavy atom. The van der Waals surface area contributed by atoms with E-state index in [1.165, 1.54) is 23.9 Å². The number of hydrogen-bond donors (Lipinski definition) is 0. The van der Waals surface area contributed by atoms with Crippen LogP contribution in [-0.4, -0.2) is 34.0 Å². The van der Waals surface area contributed by atoms with Gasteiger partial charge in [0.2, 0.25) is 5.91 Å². The van der Waals surface area contributed by atoms with Crippen LogP contribution in [0, 0.1) is 5.82 Å². The van der Waals surface area contributed by atoms with Gasteiger partial charge < -0.3 is 9.31 Å². The number of nitrogens with zero attached hydrogens (tertiary/aromatic N) is 2. The first-order valence-electron chi connectivity index (χ1n) is 7.16. The second kappa shape index (κ2) is 4.63. The summed E-state index contributed by atoms with van der Waals surface area (Å²) in [6, 6.07) is 2.92. The van der Waals surface area contributed by atoms with Crippen LogP contribution in [-0.2, 0) is 9.31 Å². The van der Waals surface area contributed by atoms with E-state index in [4.69, 9.17) is 9.31 Å². The number of fused-ring (bicyclic) bond motifs is 1. The molecule has 1 aliphatic heterocycles. The first kappa shape index (κ1) is 15.2. The summed E-state index contributed by atoms with van der Waals surface area (Å²) < 4.78 is 27.4. The van der Waals surface area contributed by atoms with Gasteiger partial charge in [-0.25, -0.2) is 9.07 Å². The van der Waals surface area contributed by atoms with Crippen molar-refractivity contribution in [1.82, 2.24) is 9.78 Å². The number of halogens is 1. The second-order valence-corrected chi connectivity index (χ2v) is 6.60. The molecule has 0 aliphatic carbocycles. The van der Waals surface area contributed by atoms with E-state index < -0.39 is 24.1 Å². The summed E-state index contributed by atoms with van der Waals surface area (Å²) in [6.07, 6.45) is 1.53. The SMILES string of the molecule is CC(=O)n1ncc2cc(B3OC(C)(C)C(C)(C)O3)c(F)cc21. The molecule has 2 aromatic rings. The van der Waals surface area contributed by atoms with E-state index in [9.17, 15) is 9.18 Å². The average Bonchev–Trinajstić information content (AvgIpc) is 2.87. The van der Waals surface area contributed by atoms with Gasteiger partial charge in [0.1, 0.15) is 5.82 Å². The van der Waals surface area contributed by atoms with E-state index in [2.05, 4.69) is 5.10 Å². The third-order valence-corrected chi connectivity index (χ3v) is 4.49. The molecule has 2 heterocycles. The number of hydrogen-bond acceptors (Lipinski definition) is 4. The van der Waals surface area contributed by atoms with Gasteiger partial charge in [0.05, 0.1) is 22.9 Å². The molecule has 0 spiro atoms. The summed E-state index contributed by atoms with van der Waals surface area (Å²) >= 11 is 0. The Labute approximate surface area is 128 Å². The van der Waals surface area contributed by atoms with Crippen molar-refractivity contribution < 1.29 is 18.5 Å². The molecule has 0 amide bonds. The van der Waals surface area contributed by atoms with Crippen LogP contribution in [0.5, 0.6) is 0 Å². The lowest BCUT2D eigenvalue weighted by molar-refractivity contribution is 0.00578. The van der Waals surface area contributed by atoms with E-state index in [1.807, 2.05) is 27.7 Å². The van der Waals surface area contributed by atoms with Gasteiger partial charge in [0.25, 0.3) is 0 Å². The van der Waals surface area contributed by atoms with Gasteiger partial charge in [-0.05, 0) is 39.8 Å². The molecule has 0 N–H and O–H groups in total. The van der Waals surface area contributed by atoms with Crippen LogP contribution in [0.15, 0.2) is 18.3 Å². The number of aromatic nitrogens is 2. The van der Waals surface area contributed by atoms with Crippen molar-refractivity contribution in [2.75, 3.05) is 0 Å². The van der Waals surface area contributed by atoms with Gasteiger partial charge in [0.15, 0.2) is 0 Å². The van der Waals surface area contributed by atoms with Crippen molar-refractivity contribution in [3.8, 4) is 0 Å². The molecule has 0 saturated carbocycles. The molecule has 7 heteroatoms. The fourth-order valence-corrected chi connectivity index (χ4v) is 2.47. The van der Waals surface area contributed by atoms with Gasteiger partial charge >= 0.3 is 7.12 Å². The van der Waals surface area contributed by atoms with Gasteiger partial charge in [0, 0.05) is 17.8 Å². The number of rotatable bonds is 1. The number of benzene rings is 1. The summed E-state index contributed by atoms with van der Waals surface area (Å²) in [5.74, 6) is -0.744. The fourth-order valence-electron chi connectivity index (χ4n) is 2.47. The zero-order valence-electron chi connectivity index (χ0n) is 13.3. The molecule has 1 aromatic heterocycles. The molecule has 0 bridgehead atoms. The molecular weight excluding hydrogens is 286 g/mol. The largest absolute Gasteiger partial charge is 0.497 e. The number of carbonyl (C=O) groups excluding carboxylic acids is 1. The topological polar surface area (TPSA) is 53.4 Å². The third kappa shape index (κ3) is 2.16. The van der Waals surface area contributed by atoms with E-state index >= 15 is 0 Å². The molecule has 1 fully saturated rings. The quantitative estimate of drug-likeness (QED) is 0.757. The van der Waals surface area contributed by atoms with E-state index in [0.29, 0.717) is 16.4 Å². The first-order chi connectivity index (χ1) is 10.1. The zero-order chi connectivity index (χ0) is 16.3.